The van der Waals surface area contributed by atoms with Gasteiger partial charge in [0.15, 0.2) is 0 Å². The molecule has 0 radical (unpaired) electrons. The minimum Gasteiger partial charge on any atom is -0.399 e. The highest BCUT2D eigenvalue weighted by atomic mass is 32.2. The van der Waals surface area contributed by atoms with Gasteiger partial charge in [-0.15, -0.1) is 0 Å². The summed E-state index contributed by atoms with van der Waals surface area (Å²) in [7, 11) is -1.78. The molecule has 3 rings (SSSR count). The van der Waals surface area contributed by atoms with Gasteiger partial charge in [-0.25, -0.2) is 17.8 Å². The van der Waals surface area contributed by atoms with Gasteiger partial charge in [0.1, 0.15) is 0 Å². The minimum absolute atomic E-state index is 0.248. The number of aromatic nitrogens is 2. The number of rotatable bonds is 8. The average molecular weight is 458 g/mol. The first-order valence-electron chi connectivity index (χ1n) is 10.5. The SMILES string of the molecule is CCN(CC(NS(C)(=O)=O)c1c(C)n(C)n(-c2ccccc2)c1=O)c1ccc(N)c(C)c1. The van der Waals surface area contributed by atoms with Gasteiger partial charge in [-0.3, -0.25) is 9.48 Å². The molecule has 0 aliphatic heterocycles. The number of nitrogen functional groups attached to an aromatic ring is 1. The molecular weight excluding hydrogens is 426 g/mol. The molecule has 1 heterocycles. The standard InChI is InChI=1S/C23H31N5O3S/c1-6-27(19-12-13-20(24)16(2)14-19)15-21(25-32(5,30)31)22-17(3)26(4)28(23(22)29)18-10-8-7-9-11-18/h7-14,21,25H,6,15,24H2,1-5H3. The zero-order chi connectivity index (χ0) is 23.6. The van der Waals surface area contributed by atoms with E-state index in [9.17, 15) is 13.2 Å². The molecule has 0 bridgehead atoms. The minimum atomic E-state index is -3.58. The molecule has 32 heavy (non-hydrogen) atoms. The van der Waals surface area contributed by atoms with Crippen LogP contribution in [-0.2, 0) is 17.1 Å². The number of hydrogen-bond donors (Lipinski definition) is 2. The Morgan fingerprint density at radius 1 is 1.12 bits per heavy atom. The zero-order valence-corrected chi connectivity index (χ0v) is 20.0. The van der Waals surface area contributed by atoms with E-state index in [0.29, 0.717) is 35.7 Å². The summed E-state index contributed by atoms with van der Waals surface area (Å²) in [4.78, 5) is 15.6. The molecule has 0 fully saturated rings. The molecule has 9 heteroatoms. The first-order chi connectivity index (χ1) is 15.0. The van der Waals surface area contributed by atoms with E-state index in [2.05, 4.69) is 4.72 Å². The van der Waals surface area contributed by atoms with Crippen LogP contribution in [0.4, 0.5) is 11.4 Å². The molecule has 1 atom stereocenters. The fourth-order valence-corrected chi connectivity index (χ4v) is 4.64. The Kier molecular flexibility index (Phi) is 6.80. The van der Waals surface area contributed by atoms with Crippen LogP contribution in [0, 0.1) is 13.8 Å². The average Bonchev–Trinajstić information content (AvgIpc) is 2.95. The van der Waals surface area contributed by atoms with Crippen molar-refractivity contribution in [2.45, 2.75) is 26.8 Å². The fraction of sp³-hybridized carbons (Fsp3) is 0.348. The van der Waals surface area contributed by atoms with Crippen LogP contribution in [0.25, 0.3) is 5.69 Å². The van der Waals surface area contributed by atoms with E-state index in [4.69, 9.17) is 5.73 Å². The molecule has 1 unspecified atom stereocenters. The second kappa shape index (κ2) is 9.22. The predicted molar refractivity (Wildman–Crippen MR) is 130 cm³/mol. The summed E-state index contributed by atoms with van der Waals surface area (Å²) in [6.07, 6.45) is 1.11. The third kappa shape index (κ3) is 4.89. The second-order valence-corrected chi connectivity index (χ2v) is 9.78. The van der Waals surface area contributed by atoms with Gasteiger partial charge in [-0.1, -0.05) is 18.2 Å². The largest absolute Gasteiger partial charge is 0.399 e. The molecule has 3 aromatic rings. The van der Waals surface area contributed by atoms with E-state index in [1.54, 1.807) is 16.4 Å². The van der Waals surface area contributed by atoms with Crippen molar-refractivity contribution in [3.05, 3.63) is 75.7 Å². The number of nitrogens with zero attached hydrogens (tertiary/aromatic N) is 3. The molecular formula is C23H31N5O3S. The quantitative estimate of drug-likeness (QED) is 0.506. The molecule has 0 spiro atoms. The molecule has 1 aromatic heterocycles. The number of hydrogen-bond acceptors (Lipinski definition) is 5. The number of aryl methyl sites for hydroxylation is 1. The highest BCUT2D eigenvalue weighted by Gasteiger charge is 2.28. The lowest BCUT2D eigenvalue weighted by Crippen LogP contribution is -2.40. The first-order valence-corrected chi connectivity index (χ1v) is 12.3. The number of nitrogens with two attached hydrogens (primary N) is 1. The smallest absolute Gasteiger partial charge is 0.276 e. The Labute approximate surface area is 189 Å². The van der Waals surface area contributed by atoms with Gasteiger partial charge < -0.3 is 10.6 Å². The van der Waals surface area contributed by atoms with E-state index in [1.807, 2.05) is 74.2 Å². The second-order valence-electron chi connectivity index (χ2n) is 8.00. The normalized spacial score (nSPS) is 12.7. The number of nitrogens with one attached hydrogen (secondary N) is 1. The number of para-hydroxylation sites is 1. The Bertz CT molecular complexity index is 1260. The molecule has 8 nitrogen and oxygen atoms in total. The lowest BCUT2D eigenvalue weighted by Gasteiger charge is -2.29. The fourth-order valence-electron chi connectivity index (χ4n) is 3.93. The van der Waals surface area contributed by atoms with Gasteiger partial charge in [-0.05, 0) is 56.7 Å². The predicted octanol–water partition coefficient (Wildman–Crippen LogP) is 2.49. The van der Waals surface area contributed by atoms with E-state index >= 15 is 0 Å². The van der Waals surface area contributed by atoms with E-state index in [-0.39, 0.29) is 5.56 Å². The van der Waals surface area contributed by atoms with Crippen molar-refractivity contribution >= 4 is 21.4 Å². The molecule has 0 saturated heterocycles. The topological polar surface area (TPSA) is 102 Å². The Morgan fingerprint density at radius 2 is 1.78 bits per heavy atom. The van der Waals surface area contributed by atoms with E-state index in [1.165, 1.54) is 0 Å². The Morgan fingerprint density at radius 3 is 2.34 bits per heavy atom. The molecule has 172 valence electrons. The van der Waals surface area contributed by atoms with Crippen molar-refractivity contribution < 1.29 is 8.42 Å². The number of sulfonamides is 1. The van der Waals surface area contributed by atoms with Gasteiger partial charge in [0.2, 0.25) is 10.0 Å². The zero-order valence-electron chi connectivity index (χ0n) is 19.2. The Hall–Kier alpha value is -3.04. The summed E-state index contributed by atoms with van der Waals surface area (Å²) >= 11 is 0. The van der Waals surface area contributed by atoms with Crippen LogP contribution in [0.3, 0.4) is 0 Å². The van der Waals surface area contributed by atoms with Crippen molar-refractivity contribution in [1.29, 1.82) is 0 Å². The molecule has 2 aromatic carbocycles. The van der Waals surface area contributed by atoms with E-state index < -0.39 is 16.1 Å². The summed E-state index contributed by atoms with van der Waals surface area (Å²) < 4.78 is 30.5. The maximum absolute atomic E-state index is 13.5. The first kappa shape index (κ1) is 23.6. The molecule has 0 aliphatic carbocycles. The molecule has 0 saturated carbocycles. The van der Waals surface area contributed by atoms with Crippen LogP contribution in [0.15, 0.2) is 53.3 Å². The third-order valence-electron chi connectivity index (χ3n) is 5.71. The molecule has 0 aliphatic rings. The van der Waals surface area contributed by atoms with Gasteiger partial charge in [-0.2, -0.15) is 0 Å². The van der Waals surface area contributed by atoms with Crippen molar-refractivity contribution in [3.8, 4) is 5.69 Å². The van der Waals surface area contributed by atoms with E-state index in [0.717, 1.165) is 17.5 Å². The van der Waals surface area contributed by atoms with Gasteiger partial charge >= 0.3 is 0 Å². The Balaban J connectivity index is 2.10. The van der Waals surface area contributed by atoms with Crippen LogP contribution in [0.2, 0.25) is 0 Å². The van der Waals surface area contributed by atoms with Gasteiger partial charge in [0.25, 0.3) is 5.56 Å². The van der Waals surface area contributed by atoms with Crippen LogP contribution >= 0.6 is 0 Å². The van der Waals surface area contributed by atoms with Crippen LogP contribution in [0.1, 0.15) is 29.8 Å². The van der Waals surface area contributed by atoms with Gasteiger partial charge in [0, 0.05) is 37.2 Å². The highest BCUT2D eigenvalue weighted by Crippen LogP contribution is 2.25. The van der Waals surface area contributed by atoms with Crippen molar-refractivity contribution in [2.24, 2.45) is 7.05 Å². The third-order valence-corrected chi connectivity index (χ3v) is 6.42. The number of benzene rings is 2. The summed E-state index contributed by atoms with van der Waals surface area (Å²) in [6.45, 7) is 6.67. The summed E-state index contributed by atoms with van der Waals surface area (Å²) in [5, 5.41) is 0. The maximum Gasteiger partial charge on any atom is 0.276 e. The van der Waals surface area contributed by atoms with Crippen LogP contribution in [-0.4, -0.2) is 37.1 Å². The van der Waals surface area contributed by atoms with Crippen molar-refractivity contribution in [3.63, 3.8) is 0 Å². The lowest BCUT2D eigenvalue weighted by molar-refractivity contribution is 0.554. The maximum atomic E-state index is 13.5. The summed E-state index contributed by atoms with van der Waals surface area (Å²) in [6, 6.07) is 14.3. The summed E-state index contributed by atoms with van der Waals surface area (Å²) in [5.74, 6) is 0. The highest BCUT2D eigenvalue weighted by molar-refractivity contribution is 7.88. The van der Waals surface area contributed by atoms with Crippen LogP contribution in [0.5, 0.6) is 0 Å². The van der Waals surface area contributed by atoms with Crippen molar-refractivity contribution in [2.75, 3.05) is 30.0 Å². The lowest BCUT2D eigenvalue weighted by atomic mass is 10.1. The summed E-state index contributed by atoms with van der Waals surface area (Å²) in [5.41, 5.74) is 10.1. The monoisotopic (exact) mass is 457 g/mol. The number of anilines is 2. The van der Waals surface area contributed by atoms with Gasteiger partial charge in [0.05, 0.1) is 23.5 Å². The van der Waals surface area contributed by atoms with Crippen molar-refractivity contribution in [1.82, 2.24) is 14.1 Å². The van der Waals surface area contributed by atoms with Crippen LogP contribution < -0.4 is 20.9 Å². The number of likely N-dealkylation sites (N-methyl/N-ethyl adjacent to an activating group) is 1. The molecule has 3 N–H and O–H groups in total. The molecule has 0 amide bonds.